The van der Waals surface area contributed by atoms with Gasteiger partial charge in [0.05, 0.1) is 18.7 Å². The molecular formula is C24H18FNO4. The molecule has 1 aliphatic heterocycles. The number of benzene rings is 3. The van der Waals surface area contributed by atoms with Gasteiger partial charge in [0, 0.05) is 16.8 Å². The SMILES string of the molecule is COc1ccccc1C1C(C(=O)c2ccccc2)=C(O)C(=O)N1c1ccc(F)cc1. The molecule has 3 aromatic rings. The number of halogens is 1. The molecule has 1 unspecified atom stereocenters. The number of carbonyl (C=O) groups is 2. The van der Waals surface area contributed by atoms with Crippen molar-refractivity contribution < 1.29 is 23.8 Å². The normalized spacial score (nSPS) is 16.1. The Hall–Kier alpha value is -3.93. The van der Waals surface area contributed by atoms with Crippen LogP contribution in [0.15, 0.2) is 90.2 Å². The Morgan fingerprint density at radius 2 is 1.60 bits per heavy atom. The Balaban J connectivity index is 1.92. The molecule has 150 valence electrons. The van der Waals surface area contributed by atoms with Crippen molar-refractivity contribution in [3.05, 3.63) is 107 Å². The number of Topliss-reactive ketones (excluding diaryl/α,β-unsaturated/α-hetero) is 1. The van der Waals surface area contributed by atoms with Gasteiger partial charge in [-0.25, -0.2) is 4.39 Å². The number of hydrogen-bond acceptors (Lipinski definition) is 4. The monoisotopic (exact) mass is 403 g/mol. The average molecular weight is 403 g/mol. The van der Waals surface area contributed by atoms with Crippen LogP contribution in [0.4, 0.5) is 10.1 Å². The van der Waals surface area contributed by atoms with Gasteiger partial charge in [-0.05, 0) is 30.3 Å². The van der Waals surface area contributed by atoms with Crippen molar-refractivity contribution in [1.82, 2.24) is 0 Å². The minimum absolute atomic E-state index is 0.0555. The van der Waals surface area contributed by atoms with Crippen molar-refractivity contribution in [2.45, 2.75) is 6.04 Å². The molecule has 1 aliphatic rings. The number of nitrogens with zero attached hydrogens (tertiary/aromatic N) is 1. The highest BCUT2D eigenvalue weighted by molar-refractivity contribution is 6.21. The van der Waals surface area contributed by atoms with Crippen molar-refractivity contribution in [3.63, 3.8) is 0 Å². The first-order valence-corrected chi connectivity index (χ1v) is 9.28. The first-order chi connectivity index (χ1) is 14.5. The topological polar surface area (TPSA) is 66.8 Å². The van der Waals surface area contributed by atoms with E-state index in [-0.39, 0.29) is 5.57 Å². The molecule has 0 spiro atoms. The predicted molar refractivity (Wildman–Crippen MR) is 110 cm³/mol. The molecule has 1 atom stereocenters. The number of rotatable bonds is 5. The summed E-state index contributed by atoms with van der Waals surface area (Å²) in [5.74, 6) is -1.85. The van der Waals surface area contributed by atoms with Crippen LogP contribution in [-0.4, -0.2) is 23.9 Å². The summed E-state index contributed by atoms with van der Waals surface area (Å²) >= 11 is 0. The van der Waals surface area contributed by atoms with Crippen LogP contribution >= 0.6 is 0 Å². The smallest absolute Gasteiger partial charge is 0.294 e. The maximum absolute atomic E-state index is 13.5. The number of amides is 1. The van der Waals surface area contributed by atoms with Gasteiger partial charge in [-0.3, -0.25) is 14.5 Å². The molecule has 0 saturated heterocycles. The Labute approximate surface area is 172 Å². The third-order valence-corrected chi connectivity index (χ3v) is 5.03. The van der Waals surface area contributed by atoms with E-state index < -0.39 is 29.3 Å². The van der Waals surface area contributed by atoms with Gasteiger partial charge in [0.1, 0.15) is 11.6 Å². The van der Waals surface area contributed by atoms with Gasteiger partial charge in [-0.1, -0.05) is 48.5 Å². The number of ketones is 1. The van der Waals surface area contributed by atoms with Crippen LogP contribution in [0.1, 0.15) is 22.0 Å². The molecule has 0 aromatic heterocycles. The van der Waals surface area contributed by atoms with Crippen LogP contribution in [0.25, 0.3) is 0 Å². The van der Waals surface area contributed by atoms with Crippen LogP contribution in [0, 0.1) is 5.82 Å². The van der Waals surface area contributed by atoms with Crippen LogP contribution < -0.4 is 9.64 Å². The van der Waals surface area contributed by atoms with Crippen LogP contribution in [0.2, 0.25) is 0 Å². The Morgan fingerprint density at radius 1 is 0.967 bits per heavy atom. The standard InChI is InChI=1S/C24H18FNO4/c1-30-19-10-6-5-9-18(19)21-20(22(27)15-7-3-2-4-8-15)23(28)24(29)26(21)17-13-11-16(25)12-14-17/h2-14,21,28H,1H3. The second kappa shape index (κ2) is 7.83. The van der Waals surface area contributed by atoms with E-state index in [1.54, 1.807) is 54.6 Å². The number of aliphatic hydroxyl groups excluding tert-OH is 1. The Bertz CT molecular complexity index is 1140. The maximum Gasteiger partial charge on any atom is 0.294 e. The highest BCUT2D eigenvalue weighted by Gasteiger charge is 2.45. The second-order valence-electron chi connectivity index (χ2n) is 6.75. The lowest BCUT2D eigenvalue weighted by molar-refractivity contribution is -0.117. The van der Waals surface area contributed by atoms with Crippen LogP contribution in [0.5, 0.6) is 5.75 Å². The fourth-order valence-electron chi connectivity index (χ4n) is 3.64. The van der Waals surface area contributed by atoms with Crippen molar-refractivity contribution in [2.75, 3.05) is 12.0 Å². The molecule has 0 aliphatic carbocycles. The van der Waals surface area contributed by atoms with E-state index in [2.05, 4.69) is 0 Å². The van der Waals surface area contributed by atoms with Gasteiger partial charge >= 0.3 is 0 Å². The largest absolute Gasteiger partial charge is 0.503 e. The van der Waals surface area contributed by atoms with Crippen LogP contribution in [-0.2, 0) is 4.79 Å². The van der Waals surface area contributed by atoms with E-state index in [1.165, 1.54) is 36.3 Å². The molecule has 1 amide bonds. The number of methoxy groups -OCH3 is 1. The zero-order valence-corrected chi connectivity index (χ0v) is 16.1. The summed E-state index contributed by atoms with van der Waals surface area (Å²) in [5.41, 5.74) is 1.16. The van der Waals surface area contributed by atoms with Gasteiger partial charge < -0.3 is 9.84 Å². The third kappa shape index (κ3) is 3.22. The molecule has 5 nitrogen and oxygen atoms in total. The summed E-state index contributed by atoms with van der Waals surface area (Å²) in [7, 11) is 1.49. The van der Waals surface area contributed by atoms with Gasteiger partial charge in [-0.15, -0.1) is 0 Å². The summed E-state index contributed by atoms with van der Waals surface area (Å²) in [6.07, 6.45) is 0. The molecular weight excluding hydrogens is 385 g/mol. The summed E-state index contributed by atoms with van der Waals surface area (Å²) in [5, 5.41) is 10.7. The fraction of sp³-hybridized carbons (Fsp3) is 0.0833. The summed E-state index contributed by atoms with van der Waals surface area (Å²) in [4.78, 5) is 27.7. The average Bonchev–Trinajstić information content (AvgIpc) is 3.05. The summed E-state index contributed by atoms with van der Waals surface area (Å²) in [6.45, 7) is 0. The second-order valence-corrected chi connectivity index (χ2v) is 6.75. The number of aliphatic hydroxyl groups is 1. The molecule has 0 saturated carbocycles. The Morgan fingerprint density at radius 3 is 2.27 bits per heavy atom. The van der Waals surface area contributed by atoms with Gasteiger partial charge in [0.25, 0.3) is 5.91 Å². The minimum atomic E-state index is -0.938. The minimum Gasteiger partial charge on any atom is -0.503 e. The predicted octanol–water partition coefficient (Wildman–Crippen LogP) is 4.62. The number of hydrogen-bond donors (Lipinski definition) is 1. The molecule has 30 heavy (non-hydrogen) atoms. The van der Waals surface area contributed by atoms with Gasteiger partial charge in [0.2, 0.25) is 0 Å². The lowest BCUT2D eigenvalue weighted by atomic mass is 9.92. The molecule has 0 radical (unpaired) electrons. The quantitative estimate of drug-likeness (QED) is 0.632. The highest BCUT2D eigenvalue weighted by atomic mass is 19.1. The first kappa shape index (κ1) is 19.4. The molecule has 0 bridgehead atoms. The third-order valence-electron chi connectivity index (χ3n) is 5.03. The zero-order valence-electron chi connectivity index (χ0n) is 16.1. The van der Waals surface area contributed by atoms with Crippen molar-refractivity contribution in [3.8, 4) is 5.75 Å². The van der Waals surface area contributed by atoms with E-state index in [0.29, 0.717) is 22.6 Å². The lowest BCUT2D eigenvalue weighted by Gasteiger charge is -2.28. The maximum atomic E-state index is 13.5. The fourth-order valence-corrected chi connectivity index (χ4v) is 3.64. The van der Waals surface area contributed by atoms with Crippen molar-refractivity contribution >= 4 is 17.4 Å². The molecule has 4 rings (SSSR count). The molecule has 3 aromatic carbocycles. The molecule has 1 heterocycles. The van der Waals surface area contributed by atoms with E-state index in [1.807, 2.05) is 0 Å². The van der Waals surface area contributed by atoms with Crippen molar-refractivity contribution in [2.24, 2.45) is 0 Å². The van der Waals surface area contributed by atoms with Gasteiger partial charge in [0.15, 0.2) is 11.5 Å². The highest BCUT2D eigenvalue weighted by Crippen LogP contribution is 2.44. The van der Waals surface area contributed by atoms with Crippen LogP contribution in [0.3, 0.4) is 0 Å². The molecule has 0 fully saturated rings. The number of para-hydroxylation sites is 1. The number of ether oxygens (including phenoxy) is 1. The molecule has 6 heteroatoms. The summed E-state index contributed by atoms with van der Waals surface area (Å²) in [6, 6.07) is 19.7. The number of anilines is 1. The van der Waals surface area contributed by atoms with E-state index >= 15 is 0 Å². The summed E-state index contributed by atoms with van der Waals surface area (Å²) < 4.78 is 18.9. The first-order valence-electron chi connectivity index (χ1n) is 9.28. The van der Waals surface area contributed by atoms with Crippen molar-refractivity contribution in [1.29, 1.82) is 0 Å². The number of carbonyl (C=O) groups excluding carboxylic acids is 2. The molecule has 1 N–H and O–H groups in total. The van der Waals surface area contributed by atoms with Gasteiger partial charge in [-0.2, -0.15) is 0 Å². The van der Waals surface area contributed by atoms with E-state index in [4.69, 9.17) is 4.74 Å². The lowest BCUT2D eigenvalue weighted by Crippen LogP contribution is -2.31. The van der Waals surface area contributed by atoms with E-state index in [9.17, 15) is 19.1 Å². The van der Waals surface area contributed by atoms with E-state index in [0.717, 1.165) is 0 Å². The Kier molecular flexibility index (Phi) is 5.06. The zero-order chi connectivity index (χ0) is 21.3.